The molecule has 1 aliphatic heterocycles. The van der Waals surface area contributed by atoms with Gasteiger partial charge in [-0.15, -0.1) is 10.2 Å². The maximum atomic E-state index is 5.81. The molecule has 1 aliphatic carbocycles. The lowest BCUT2D eigenvalue weighted by molar-refractivity contribution is -0.121. The van der Waals surface area contributed by atoms with Crippen molar-refractivity contribution in [2.45, 2.75) is 31.4 Å². The minimum absolute atomic E-state index is 0.109. The van der Waals surface area contributed by atoms with Crippen LogP contribution in [0.5, 0.6) is 0 Å². The van der Waals surface area contributed by atoms with Gasteiger partial charge in [0.2, 0.25) is 5.65 Å². The summed E-state index contributed by atoms with van der Waals surface area (Å²) < 4.78 is 13.2. The number of aromatic nitrogens is 4. The molecule has 8 nitrogen and oxygen atoms in total. The Hall–Kier alpha value is -1.77. The molecule has 1 saturated carbocycles. The highest BCUT2D eigenvalue weighted by Gasteiger charge is 2.49. The van der Waals surface area contributed by atoms with Gasteiger partial charge < -0.3 is 14.8 Å². The fraction of sp³-hybridized carbons (Fsp3) is 0.688. The molecule has 0 radical (unpaired) electrons. The molecule has 3 heterocycles. The van der Waals surface area contributed by atoms with Gasteiger partial charge in [0.05, 0.1) is 19.3 Å². The van der Waals surface area contributed by atoms with Gasteiger partial charge >= 0.3 is 0 Å². The van der Waals surface area contributed by atoms with Crippen molar-refractivity contribution in [3.63, 3.8) is 0 Å². The second-order valence-corrected chi connectivity index (χ2v) is 6.50. The van der Waals surface area contributed by atoms with Gasteiger partial charge in [-0.2, -0.15) is 0 Å². The molecule has 1 N–H and O–H groups in total. The summed E-state index contributed by atoms with van der Waals surface area (Å²) in [7, 11) is 0. The minimum atomic E-state index is 0.109. The normalized spacial score (nSPS) is 28.0. The summed E-state index contributed by atoms with van der Waals surface area (Å²) in [5.74, 6) is 0.780. The summed E-state index contributed by atoms with van der Waals surface area (Å²) >= 11 is 0. The smallest absolute Gasteiger partial charge is 0.203 e. The van der Waals surface area contributed by atoms with E-state index in [0.717, 1.165) is 63.8 Å². The van der Waals surface area contributed by atoms with Crippen LogP contribution in [0.3, 0.4) is 0 Å². The van der Waals surface area contributed by atoms with Crippen LogP contribution in [-0.4, -0.2) is 75.6 Å². The Bertz CT molecular complexity index is 678. The molecule has 2 fully saturated rings. The van der Waals surface area contributed by atoms with Crippen molar-refractivity contribution in [3.8, 4) is 0 Å². The first-order valence-corrected chi connectivity index (χ1v) is 8.63. The van der Waals surface area contributed by atoms with Crippen LogP contribution < -0.4 is 5.32 Å². The van der Waals surface area contributed by atoms with Gasteiger partial charge in [0.25, 0.3) is 0 Å². The molecule has 4 rings (SSSR count). The van der Waals surface area contributed by atoms with Crippen LogP contribution in [0.1, 0.15) is 19.8 Å². The fourth-order valence-corrected chi connectivity index (χ4v) is 3.82. The quantitative estimate of drug-likeness (QED) is 0.838. The van der Waals surface area contributed by atoms with Gasteiger partial charge in [-0.3, -0.25) is 9.30 Å². The first kappa shape index (κ1) is 15.7. The van der Waals surface area contributed by atoms with Crippen molar-refractivity contribution in [1.29, 1.82) is 0 Å². The fourth-order valence-electron chi connectivity index (χ4n) is 3.82. The van der Waals surface area contributed by atoms with Crippen LogP contribution in [0.2, 0.25) is 0 Å². The zero-order valence-electron chi connectivity index (χ0n) is 14.0. The first-order valence-electron chi connectivity index (χ1n) is 8.63. The third-order valence-corrected chi connectivity index (χ3v) is 5.10. The second-order valence-electron chi connectivity index (χ2n) is 6.50. The van der Waals surface area contributed by atoms with E-state index in [1.807, 2.05) is 10.6 Å². The van der Waals surface area contributed by atoms with Crippen LogP contribution in [-0.2, 0) is 9.47 Å². The van der Waals surface area contributed by atoms with E-state index in [-0.39, 0.29) is 5.54 Å². The van der Waals surface area contributed by atoms with E-state index in [0.29, 0.717) is 6.10 Å². The van der Waals surface area contributed by atoms with Crippen LogP contribution >= 0.6 is 0 Å². The highest BCUT2D eigenvalue weighted by Crippen LogP contribution is 2.40. The standard InChI is InChI=1S/C16H24N6O2/c1-2-24-13-9-16(10-13,22-5-7-23-8-6-22)11-18-14-15-20-19-12-21(15)4-3-17-14/h3-4,12-13H,2,5-11H2,1H3,(H,17,18). The van der Waals surface area contributed by atoms with Gasteiger partial charge in [-0.05, 0) is 19.8 Å². The summed E-state index contributed by atoms with van der Waals surface area (Å²) in [4.78, 5) is 6.98. The zero-order valence-corrected chi connectivity index (χ0v) is 14.0. The van der Waals surface area contributed by atoms with Crippen LogP contribution in [0, 0.1) is 0 Å². The molecule has 24 heavy (non-hydrogen) atoms. The zero-order chi connectivity index (χ0) is 16.4. The van der Waals surface area contributed by atoms with E-state index in [9.17, 15) is 0 Å². The van der Waals surface area contributed by atoms with Crippen molar-refractivity contribution in [2.75, 3.05) is 44.8 Å². The molecular weight excluding hydrogens is 308 g/mol. The Morgan fingerprint density at radius 1 is 1.38 bits per heavy atom. The number of rotatable bonds is 6. The SMILES string of the molecule is CCOC1CC(CNc2nccn3cnnc23)(N2CCOCC2)C1. The molecule has 0 spiro atoms. The lowest BCUT2D eigenvalue weighted by atomic mass is 9.72. The van der Waals surface area contributed by atoms with Crippen molar-refractivity contribution < 1.29 is 9.47 Å². The Morgan fingerprint density at radius 2 is 2.21 bits per heavy atom. The molecule has 2 aromatic rings. The summed E-state index contributed by atoms with van der Waals surface area (Å²) in [5.41, 5.74) is 0.869. The van der Waals surface area contributed by atoms with E-state index < -0.39 is 0 Å². The molecule has 130 valence electrons. The average Bonchev–Trinajstić information content (AvgIpc) is 3.07. The predicted molar refractivity (Wildman–Crippen MR) is 89.0 cm³/mol. The lowest BCUT2D eigenvalue weighted by Crippen LogP contribution is -2.65. The predicted octanol–water partition coefficient (Wildman–Crippen LogP) is 0.806. The first-order chi connectivity index (χ1) is 11.8. The van der Waals surface area contributed by atoms with Gasteiger partial charge in [0.15, 0.2) is 5.82 Å². The van der Waals surface area contributed by atoms with Crippen LogP contribution in [0.15, 0.2) is 18.7 Å². The number of hydrogen-bond acceptors (Lipinski definition) is 7. The maximum absolute atomic E-state index is 5.81. The maximum Gasteiger partial charge on any atom is 0.203 e. The van der Waals surface area contributed by atoms with E-state index >= 15 is 0 Å². The van der Waals surface area contributed by atoms with E-state index in [4.69, 9.17) is 9.47 Å². The topological polar surface area (TPSA) is 76.8 Å². The molecule has 0 atom stereocenters. The Kier molecular flexibility index (Phi) is 4.34. The van der Waals surface area contributed by atoms with Crippen molar-refractivity contribution >= 4 is 11.5 Å². The number of ether oxygens (including phenoxy) is 2. The molecule has 2 aliphatic rings. The molecular formula is C16H24N6O2. The molecule has 8 heteroatoms. The number of morpholine rings is 1. The van der Waals surface area contributed by atoms with E-state index in [1.165, 1.54) is 0 Å². The molecule has 1 saturated heterocycles. The summed E-state index contributed by atoms with van der Waals surface area (Å²) in [6.07, 6.45) is 7.76. The van der Waals surface area contributed by atoms with Crippen molar-refractivity contribution in [2.24, 2.45) is 0 Å². The summed E-state index contributed by atoms with van der Waals surface area (Å²) in [6, 6.07) is 0. The monoisotopic (exact) mass is 332 g/mol. The number of anilines is 1. The second kappa shape index (κ2) is 6.62. The number of nitrogens with one attached hydrogen (secondary N) is 1. The van der Waals surface area contributed by atoms with Gasteiger partial charge in [-0.1, -0.05) is 0 Å². The van der Waals surface area contributed by atoms with Crippen LogP contribution in [0.25, 0.3) is 5.65 Å². The van der Waals surface area contributed by atoms with Crippen molar-refractivity contribution in [3.05, 3.63) is 18.7 Å². The van der Waals surface area contributed by atoms with Gasteiger partial charge in [0.1, 0.15) is 6.33 Å². The Balaban J connectivity index is 1.49. The summed E-state index contributed by atoms with van der Waals surface area (Å²) in [6.45, 7) is 7.22. The summed E-state index contributed by atoms with van der Waals surface area (Å²) in [5, 5.41) is 11.6. The van der Waals surface area contributed by atoms with Gasteiger partial charge in [0, 0.05) is 44.2 Å². The highest BCUT2D eigenvalue weighted by atomic mass is 16.5. The molecule has 0 unspecified atom stereocenters. The largest absolute Gasteiger partial charge is 0.379 e. The average molecular weight is 332 g/mol. The molecule has 2 aromatic heterocycles. The van der Waals surface area contributed by atoms with E-state index in [2.05, 4.69) is 32.3 Å². The molecule has 0 bridgehead atoms. The van der Waals surface area contributed by atoms with Crippen molar-refractivity contribution in [1.82, 2.24) is 24.5 Å². The number of hydrogen-bond donors (Lipinski definition) is 1. The third kappa shape index (κ3) is 2.85. The van der Waals surface area contributed by atoms with E-state index in [1.54, 1.807) is 12.5 Å². The lowest BCUT2D eigenvalue weighted by Gasteiger charge is -2.55. The van der Waals surface area contributed by atoms with Crippen LogP contribution in [0.4, 0.5) is 5.82 Å². The van der Waals surface area contributed by atoms with Gasteiger partial charge in [-0.25, -0.2) is 4.98 Å². The molecule has 0 aromatic carbocycles. The number of nitrogens with zero attached hydrogens (tertiary/aromatic N) is 5. The number of fused-ring (bicyclic) bond motifs is 1. The third-order valence-electron chi connectivity index (χ3n) is 5.10. The Labute approximate surface area is 141 Å². The highest BCUT2D eigenvalue weighted by molar-refractivity contribution is 5.61. The Morgan fingerprint density at radius 3 is 3.00 bits per heavy atom. The molecule has 0 amide bonds. The minimum Gasteiger partial charge on any atom is -0.379 e.